The first kappa shape index (κ1) is 20.7. The molecule has 2 aliphatic carbocycles. The number of nitrogens with one attached hydrogen (secondary N) is 2. The van der Waals surface area contributed by atoms with Gasteiger partial charge in [-0.3, -0.25) is 4.99 Å². The second-order valence-electron chi connectivity index (χ2n) is 9.53. The molecule has 2 saturated heterocycles. The molecule has 1 aromatic carbocycles. The summed E-state index contributed by atoms with van der Waals surface area (Å²) in [6.07, 6.45) is 7.96. The number of anilines is 1. The smallest absolute Gasteiger partial charge is 0.191 e. The highest BCUT2D eigenvalue weighted by molar-refractivity contribution is 5.81. The summed E-state index contributed by atoms with van der Waals surface area (Å²) in [5.41, 5.74) is 1.47. The van der Waals surface area contributed by atoms with Crippen LogP contribution in [0.2, 0.25) is 0 Å². The third kappa shape index (κ3) is 3.60. The Labute approximate surface area is 185 Å². The zero-order chi connectivity index (χ0) is 21.4. The topological polar surface area (TPSA) is 67.4 Å². The van der Waals surface area contributed by atoms with Crippen molar-refractivity contribution in [3.63, 3.8) is 0 Å². The number of ether oxygens (including phenoxy) is 3. The summed E-state index contributed by atoms with van der Waals surface area (Å²) >= 11 is 0. The highest BCUT2D eigenvalue weighted by Crippen LogP contribution is 2.60. The Balaban J connectivity index is 1.22. The first-order valence-corrected chi connectivity index (χ1v) is 11.8. The van der Waals surface area contributed by atoms with Gasteiger partial charge in [-0.1, -0.05) is 12.8 Å². The van der Waals surface area contributed by atoms with Crippen LogP contribution < -0.4 is 25.0 Å². The number of methoxy groups -OCH3 is 2. The van der Waals surface area contributed by atoms with Gasteiger partial charge in [-0.25, -0.2) is 0 Å². The van der Waals surface area contributed by atoms with Gasteiger partial charge in [0.25, 0.3) is 0 Å². The average Bonchev–Trinajstić information content (AvgIpc) is 3.56. The second kappa shape index (κ2) is 8.41. The van der Waals surface area contributed by atoms with E-state index >= 15 is 0 Å². The zero-order valence-corrected chi connectivity index (χ0v) is 19.0. The first-order chi connectivity index (χ1) is 15.2. The Morgan fingerprint density at radius 1 is 1.10 bits per heavy atom. The third-order valence-corrected chi connectivity index (χ3v) is 8.03. The Hall–Kier alpha value is -2.15. The van der Waals surface area contributed by atoms with Crippen molar-refractivity contribution in [1.82, 2.24) is 10.6 Å². The summed E-state index contributed by atoms with van der Waals surface area (Å²) < 4.78 is 17.0. The molecule has 31 heavy (non-hydrogen) atoms. The summed E-state index contributed by atoms with van der Waals surface area (Å²) in [6, 6.07) is 6.93. The van der Waals surface area contributed by atoms with Crippen molar-refractivity contribution in [2.75, 3.05) is 45.9 Å². The summed E-state index contributed by atoms with van der Waals surface area (Å²) in [7, 11) is 5.28. The van der Waals surface area contributed by atoms with Crippen LogP contribution in [-0.2, 0) is 4.74 Å². The molecular formula is C24H36N4O3. The third-order valence-electron chi connectivity index (χ3n) is 8.03. The van der Waals surface area contributed by atoms with Gasteiger partial charge in [0.05, 0.1) is 20.3 Å². The van der Waals surface area contributed by atoms with Crippen molar-refractivity contribution in [2.24, 2.45) is 16.3 Å². The predicted molar refractivity (Wildman–Crippen MR) is 122 cm³/mol. The van der Waals surface area contributed by atoms with Crippen LogP contribution >= 0.6 is 0 Å². The van der Waals surface area contributed by atoms with Crippen LogP contribution in [-0.4, -0.2) is 65.1 Å². The maximum Gasteiger partial charge on any atom is 0.191 e. The monoisotopic (exact) mass is 428 g/mol. The van der Waals surface area contributed by atoms with E-state index in [-0.39, 0.29) is 0 Å². The lowest BCUT2D eigenvalue weighted by molar-refractivity contribution is -0.125. The van der Waals surface area contributed by atoms with Gasteiger partial charge in [0.1, 0.15) is 11.5 Å². The van der Waals surface area contributed by atoms with Gasteiger partial charge >= 0.3 is 0 Å². The number of hydrogen-bond acceptors (Lipinski definition) is 5. The van der Waals surface area contributed by atoms with Crippen LogP contribution in [0.5, 0.6) is 11.5 Å². The minimum absolute atomic E-state index is 0.331. The SMILES string of the molecule is CN=C(NC1CCN(c2cc(OC)cc(OC)c2)C1)NC1C2CCOC2C12CCCC2. The van der Waals surface area contributed by atoms with E-state index in [9.17, 15) is 0 Å². The molecular weight excluding hydrogens is 392 g/mol. The fourth-order valence-corrected chi connectivity index (χ4v) is 6.50. The molecule has 0 bridgehead atoms. The molecule has 1 aromatic rings. The second-order valence-corrected chi connectivity index (χ2v) is 9.53. The number of hydrogen-bond donors (Lipinski definition) is 2. The van der Waals surface area contributed by atoms with E-state index < -0.39 is 0 Å². The van der Waals surface area contributed by atoms with Gasteiger partial charge in [-0.15, -0.1) is 0 Å². The van der Waals surface area contributed by atoms with E-state index in [0.29, 0.717) is 29.5 Å². The van der Waals surface area contributed by atoms with E-state index in [1.54, 1.807) is 14.2 Å². The van der Waals surface area contributed by atoms with Gasteiger partial charge < -0.3 is 29.7 Å². The number of benzene rings is 1. The average molecular weight is 429 g/mol. The molecule has 4 unspecified atom stereocenters. The lowest BCUT2D eigenvalue weighted by atomic mass is 9.54. The molecule has 0 aromatic heterocycles. The minimum Gasteiger partial charge on any atom is -0.497 e. The number of aliphatic imine (C=N–C) groups is 1. The van der Waals surface area contributed by atoms with E-state index in [2.05, 4.69) is 32.7 Å². The Morgan fingerprint density at radius 2 is 1.84 bits per heavy atom. The van der Waals surface area contributed by atoms with Crippen molar-refractivity contribution in [1.29, 1.82) is 0 Å². The summed E-state index contributed by atoms with van der Waals surface area (Å²) in [6.45, 7) is 2.85. The van der Waals surface area contributed by atoms with E-state index in [1.807, 2.05) is 13.1 Å². The summed E-state index contributed by atoms with van der Waals surface area (Å²) in [4.78, 5) is 6.98. The molecule has 7 nitrogen and oxygen atoms in total. The van der Waals surface area contributed by atoms with E-state index in [1.165, 1.54) is 32.1 Å². The molecule has 2 N–H and O–H groups in total. The van der Waals surface area contributed by atoms with Gasteiger partial charge in [0.2, 0.25) is 0 Å². The van der Waals surface area contributed by atoms with Crippen molar-refractivity contribution in [3.8, 4) is 11.5 Å². The summed E-state index contributed by atoms with van der Waals surface area (Å²) in [5.74, 6) is 3.23. The standard InChI is InChI=1S/C24H36N4O3/c1-25-23(27-21-20-7-11-31-22(20)24(21)8-4-5-9-24)26-16-6-10-28(15-16)17-12-18(29-2)14-19(13-17)30-3/h12-14,16,20-22H,4-11,15H2,1-3H3,(H2,25,26,27). The predicted octanol–water partition coefficient (Wildman–Crippen LogP) is 2.80. The van der Waals surface area contributed by atoms with Gasteiger partial charge in [0.15, 0.2) is 5.96 Å². The zero-order valence-electron chi connectivity index (χ0n) is 19.0. The fraction of sp³-hybridized carbons (Fsp3) is 0.708. The van der Waals surface area contributed by atoms with Crippen LogP contribution in [0.15, 0.2) is 23.2 Å². The lowest BCUT2D eigenvalue weighted by Crippen LogP contribution is -2.69. The molecule has 0 amide bonds. The summed E-state index contributed by atoms with van der Waals surface area (Å²) in [5, 5.41) is 7.53. The lowest BCUT2D eigenvalue weighted by Gasteiger charge is -2.57. The van der Waals surface area contributed by atoms with Gasteiger partial charge in [-0.2, -0.15) is 0 Å². The normalized spacial score (nSPS) is 31.5. The highest BCUT2D eigenvalue weighted by atomic mass is 16.5. The Bertz CT molecular complexity index is 801. The maximum absolute atomic E-state index is 6.14. The number of nitrogens with zero attached hydrogens (tertiary/aromatic N) is 2. The molecule has 0 radical (unpaired) electrons. The quantitative estimate of drug-likeness (QED) is 0.555. The molecule has 1 spiro atoms. The number of rotatable bonds is 5. The molecule has 7 heteroatoms. The van der Waals surface area contributed by atoms with Crippen LogP contribution in [0.25, 0.3) is 0 Å². The van der Waals surface area contributed by atoms with Crippen molar-refractivity contribution < 1.29 is 14.2 Å². The van der Waals surface area contributed by atoms with Crippen LogP contribution in [0.1, 0.15) is 38.5 Å². The van der Waals surface area contributed by atoms with Crippen molar-refractivity contribution >= 4 is 11.6 Å². The Morgan fingerprint density at radius 3 is 2.52 bits per heavy atom. The molecule has 4 aliphatic rings. The first-order valence-electron chi connectivity index (χ1n) is 11.8. The number of fused-ring (bicyclic) bond motifs is 2. The molecule has 2 heterocycles. The molecule has 2 aliphatic heterocycles. The number of guanidine groups is 1. The molecule has 2 saturated carbocycles. The van der Waals surface area contributed by atoms with Crippen LogP contribution in [0.4, 0.5) is 5.69 Å². The van der Waals surface area contributed by atoms with Crippen LogP contribution in [0.3, 0.4) is 0 Å². The van der Waals surface area contributed by atoms with Gasteiger partial charge in [-0.05, 0) is 25.7 Å². The maximum atomic E-state index is 6.14. The minimum atomic E-state index is 0.331. The molecule has 170 valence electrons. The van der Waals surface area contributed by atoms with E-state index in [0.717, 1.165) is 49.3 Å². The largest absolute Gasteiger partial charge is 0.497 e. The van der Waals surface area contributed by atoms with E-state index in [4.69, 9.17) is 14.2 Å². The molecule has 4 atom stereocenters. The Kier molecular flexibility index (Phi) is 5.63. The molecule has 4 fully saturated rings. The van der Waals surface area contributed by atoms with Crippen molar-refractivity contribution in [2.45, 2.75) is 56.7 Å². The molecule has 5 rings (SSSR count). The highest BCUT2D eigenvalue weighted by Gasteiger charge is 2.65. The van der Waals surface area contributed by atoms with Crippen molar-refractivity contribution in [3.05, 3.63) is 18.2 Å². The fourth-order valence-electron chi connectivity index (χ4n) is 6.50. The van der Waals surface area contributed by atoms with Crippen LogP contribution in [0, 0.1) is 11.3 Å². The van der Waals surface area contributed by atoms with Gasteiger partial charge in [0, 0.05) is 74.0 Å².